The topological polar surface area (TPSA) is 55.8 Å². The van der Waals surface area contributed by atoms with Crippen molar-refractivity contribution in [1.29, 1.82) is 0 Å². The third kappa shape index (κ3) is 43.6. The Morgan fingerprint density at radius 2 is 0.792 bits per heavy atom. The SMILES string of the molecule is CC/C=C\C/C=C\C/C=C\C/C=C\CCCCCCCCCCCOCC(CO)OC(=O)CCCCCCCC/C=C\C/C=C\C/C=C\C/C=C\CC. The van der Waals surface area contributed by atoms with Crippen molar-refractivity contribution in [2.24, 2.45) is 0 Å². The number of aliphatic hydroxyl groups is 1. The summed E-state index contributed by atoms with van der Waals surface area (Å²) >= 11 is 0. The first-order chi connectivity index (χ1) is 26.2. The van der Waals surface area contributed by atoms with Crippen LogP contribution in [0.25, 0.3) is 0 Å². The van der Waals surface area contributed by atoms with Gasteiger partial charge in [-0.25, -0.2) is 0 Å². The van der Waals surface area contributed by atoms with Gasteiger partial charge in [-0.2, -0.15) is 0 Å². The zero-order valence-electron chi connectivity index (χ0n) is 34.5. The molecule has 0 aliphatic carbocycles. The molecular formula is C49H82O4. The molecule has 302 valence electrons. The minimum Gasteiger partial charge on any atom is -0.457 e. The summed E-state index contributed by atoms with van der Waals surface area (Å²) in [5.41, 5.74) is 0. The monoisotopic (exact) mass is 735 g/mol. The molecule has 0 spiro atoms. The molecule has 0 aromatic carbocycles. The van der Waals surface area contributed by atoms with Gasteiger partial charge in [0.15, 0.2) is 0 Å². The van der Waals surface area contributed by atoms with Crippen LogP contribution in [0.3, 0.4) is 0 Å². The van der Waals surface area contributed by atoms with Crippen molar-refractivity contribution >= 4 is 5.97 Å². The zero-order chi connectivity index (χ0) is 38.4. The quantitative estimate of drug-likeness (QED) is 0.0388. The van der Waals surface area contributed by atoms with Crippen LogP contribution in [0.4, 0.5) is 0 Å². The van der Waals surface area contributed by atoms with Crippen LogP contribution in [0, 0.1) is 0 Å². The van der Waals surface area contributed by atoms with Crippen LogP contribution in [0.15, 0.2) is 97.2 Å². The lowest BCUT2D eigenvalue weighted by molar-refractivity contribution is -0.154. The molecule has 0 amide bonds. The van der Waals surface area contributed by atoms with Crippen LogP contribution in [-0.4, -0.2) is 37.0 Å². The first kappa shape index (κ1) is 50.3. The van der Waals surface area contributed by atoms with E-state index in [1.807, 2.05) is 0 Å². The number of aliphatic hydroxyl groups excluding tert-OH is 1. The molecule has 4 heteroatoms. The van der Waals surface area contributed by atoms with Crippen molar-refractivity contribution in [1.82, 2.24) is 0 Å². The number of carbonyl (C=O) groups is 1. The Labute approximate surface area is 328 Å². The van der Waals surface area contributed by atoms with Gasteiger partial charge >= 0.3 is 5.97 Å². The molecule has 0 rings (SSSR count). The van der Waals surface area contributed by atoms with Crippen LogP contribution < -0.4 is 0 Å². The Morgan fingerprint density at radius 1 is 0.453 bits per heavy atom. The highest BCUT2D eigenvalue weighted by Gasteiger charge is 2.13. The standard InChI is InChI=1S/C49H82O4/c1-3-5-7-9-11-13-15-17-19-21-23-24-25-27-29-31-33-35-37-39-41-43-45-52-47-48(46-50)53-49(51)44-42-40-38-36-34-32-30-28-26-22-20-18-16-14-12-10-8-6-4-2/h5-8,11-14,17-20,23-24,26,28,48,50H,3-4,9-10,15-16,21-22,25,27,29-47H2,1-2H3/b7-5-,8-6-,13-11-,14-12-,19-17-,20-18-,24-23-,28-26-. The van der Waals surface area contributed by atoms with Crippen molar-refractivity contribution in [3.63, 3.8) is 0 Å². The third-order valence-electron chi connectivity index (χ3n) is 8.90. The Morgan fingerprint density at radius 3 is 1.19 bits per heavy atom. The lowest BCUT2D eigenvalue weighted by atomic mass is 10.1. The maximum Gasteiger partial charge on any atom is 0.306 e. The number of allylic oxidation sites excluding steroid dienone is 16. The number of hydrogen-bond acceptors (Lipinski definition) is 4. The molecule has 1 N–H and O–H groups in total. The minimum absolute atomic E-state index is 0.186. The van der Waals surface area contributed by atoms with E-state index in [0.717, 1.165) is 83.5 Å². The van der Waals surface area contributed by atoms with Crippen molar-refractivity contribution in [2.75, 3.05) is 19.8 Å². The third-order valence-corrected chi connectivity index (χ3v) is 8.90. The summed E-state index contributed by atoms with van der Waals surface area (Å²) in [5.74, 6) is -0.221. The number of rotatable bonds is 39. The molecule has 0 bridgehead atoms. The number of esters is 1. The van der Waals surface area contributed by atoms with Crippen LogP contribution >= 0.6 is 0 Å². The zero-order valence-corrected chi connectivity index (χ0v) is 34.5. The van der Waals surface area contributed by atoms with Crippen LogP contribution in [0.5, 0.6) is 0 Å². The van der Waals surface area contributed by atoms with E-state index in [4.69, 9.17) is 9.47 Å². The highest BCUT2D eigenvalue weighted by atomic mass is 16.6. The summed E-state index contributed by atoms with van der Waals surface area (Å²) < 4.78 is 11.2. The fourth-order valence-corrected chi connectivity index (χ4v) is 5.72. The predicted molar refractivity (Wildman–Crippen MR) is 232 cm³/mol. The molecule has 1 unspecified atom stereocenters. The van der Waals surface area contributed by atoms with E-state index in [1.165, 1.54) is 77.0 Å². The van der Waals surface area contributed by atoms with Gasteiger partial charge in [-0.15, -0.1) is 0 Å². The van der Waals surface area contributed by atoms with Gasteiger partial charge in [0.2, 0.25) is 0 Å². The Kier molecular flexibility index (Phi) is 43.2. The summed E-state index contributed by atoms with van der Waals surface area (Å²) in [7, 11) is 0. The lowest BCUT2D eigenvalue weighted by Crippen LogP contribution is -2.27. The van der Waals surface area contributed by atoms with Gasteiger partial charge in [-0.3, -0.25) is 4.79 Å². The first-order valence-electron chi connectivity index (χ1n) is 21.8. The van der Waals surface area contributed by atoms with Gasteiger partial charge in [-0.1, -0.05) is 182 Å². The van der Waals surface area contributed by atoms with Crippen molar-refractivity contribution in [3.05, 3.63) is 97.2 Å². The maximum absolute atomic E-state index is 12.2. The summed E-state index contributed by atoms with van der Waals surface area (Å²) in [6.45, 7) is 5.08. The molecule has 4 nitrogen and oxygen atoms in total. The fourth-order valence-electron chi connectivity index (χ4n) is 5.72. The molecule has 1 atom stereocenters. The largest absolute Gasteiger partial charge is 0.457 e. The molecule has 0 saturated carbocycles. The van der Waals surface area contributed by atoms with E-state index in [1.54, 1.807) is 0 Å². The molecular weight excluding hydrogens is 653 g/mol. The molecule has 0 aliphatic heterocycles. The highest BCUT2D eigenvalue weighted by Crippen LogP contribution is 2.12. The minimum atomic E-state index is -0.552. The molecule has 0 aromatic heterocycles. The van der Waals surface area contributed by atoms with E-state index in [0.29, 0.717) is 13.0 Å². The second kappa shape index (κ2) is 45.5. The van der Waals surface area contributed by atoms with E-state index in [-0.39, 0.29) is 19.2 Å². The second-order valence-electron chi connectivity index (χ2n) is 14.0. The molecule has 0 saturated heterocycles. The van der Waals surface area contributed by atoms with E-state index >= 15 is 0 Å². The number of ether oxygens (including phenoxy) is 2. The Bertz CT molecular complexity index is 996. The molecule has 0 fully saturated rings. The summed E-state index contributed by atoms with van der Waals surface area (Å²) in [4.78, 5) is 12.2. The fraction of sp³-hybridized carbons (Fsp3) is 0.653. The summed E-state index contributed by atoms with van der Waals surface area (Å²) in [6.07, 6.45) is 64.6. The number of carbonyl (C=O) groups excluding carboxylic acids is 1. The van der Waals surface area contributed by atoms with E-state index < -0.39 is 6.10 Å². The van der Waals surface area contributed by atoms with Gasteiger partial charge in [0.25, 0.3) is 0 Å². The summed E-state index contributed by atoms with van der Waals surface area (Å²) in [5, 5.41) is 9.61. The van der Waals surface area contributed by atoms with E-state index in [9.17, 15) is 9.90 Å². The molecule has 0 heterocycles. The van der Waals surface area contributed by atoms with Crippen molar-refractivity contribution in [3.8, 4) is 0 Å². The molecule has 53 heavy (non-hydrogen) atoms. The highest BCUT2D eigenvalue weighted by molar-refractivity contribution is 5.69. The summed E-state index contributed by atoms with van der Waals surface area (Å²) in [6, 6.07) is 0. The average molecular weight is 735 g/mol. The van der Waals surface area contributed by atoms with Crippen molar-refractivity contribution in [2.45, 2.75) is 187 Å². The van der Waals surface area contributed by atoms with Gasteiger partial charge in [0, 0.05) is 13.0 Å². The van der Waals surface area contributed by atoms with Gasteiger partial charge in [-0.05, 0) is 89.9 Å². The predicted octanol–water partition coefficient (Wildman–Crippen LogP) is 14.5. The van der Waals surface area contributed by atoms with Gasteiger partial charge in [0.1, 0.15) is 6.10 Å². The maximum atomic E-state index is 12.2. The average Bonchev–Trinajstić information content (AvgIpc) is 3.16. The second-order valence-corrected chi connectivity index (χ2v) is 14.0. The Balaban J connectivity index is 3.51. The molecule has 0 radical (unpaired) electrons. The molecule has 0 aliphatic rings. The van der Waals surface area contributed by atoms with Gasteiger partial charge in [0.05, 0.1) is 13.2 Å². The number of hydrogen-bond donors (Lipinski definition) is 1. The lowest BCUT2D eigenvalue weighted by Gasteiger charge is -2.15. The van der Waals surface area contributed by atoms with Crippen molar-refractivity contribution < 1.29 is 19.4 Å². The van der Waals surface area contributed by atoms with E-state index in [2.05, 4.69) is 111 Å². The van der Waals surface area contributed by atoms with Crippen LogP contribution in [0.2, 0.25) is 0 Å². The Hall–Kier alpha value is -2.69. The first-order valence-corrected chi connectivity index (χ1v) is 21.8. The smallest absolute Gasteiger partial charge is 0.306 e. The van der Waals surface area contributed by atoms with Gasteiger partial charge < -0.3 is 14.6 Å². The normalized spacial score (nSPS) is 13.3. The molecule has 0 aromatic rings. The van der Waals surface area contributed by atoms with Crippen LogP contribution in [0.1, 0.15) is 181 Å². The van der Waals surface area contributed by atoms with Crippen LogP contribution in [-0.2, 0) is 14.3 Å². The number of unbranched alkanes of at least 4 members (excludes halogenated alkanes) is 15.